The second-order valence-corrected chi connectivity index (χ2v) is 3.91. The fraction of sp³-hybridized carbons (Fsp3) is 0.364. The van der Waals surface area contributed by atoms with E-state index in [4.69, 9.17) is 21.1 Å². The van der Waals surface area contributed by atoms with E-state index in [1.165, 1.54) is 32.4 Å². The summed E-state index contributed by atoms with van der Waals surface area (Å²) in [6.07, 6.45) is -0.623. The summed E-state index contributed by atoms with van der Waals surface area (Å²) in [7, 11) is 2.84. The van der Waals surface area contributed by atoms with Crippen LogP contribution in [-0.2, 0) is 9.47 Å². The van der Waals surface area contributed by atoms with Crippen LogP contribution in [0.3, 0.4) is 0 Å². The lowest BCUT2D eigenvalue weighted by Gasteiger charge is -2.14. The van der Waals surface area contributed by atoms with Crippen LogP contribution in [-0.4, -0.2) is 37.9 Å². The quantitative estimate of drug-likeness (QED) is 0.488. The van der Waals surface area contributed by atoms with Crippen LogP contribution in [0.2, 0.25) is 5.02 Å². The fourth-order valence-corrected chi connectivity index (χ4v) is 1.66. The topological polar surface area (TPSA) is 90.7 Å². The number of hydrogen-bond acceptors (Lipinski definition) is 5. The SMILES string of the molecule is COC(CNC(=O)c1cccc(Cl)c1[N+](=O)[O-])OC. The van der Waals surface area contributed by atoms with Gasteiger partial charge in [0.15, 0.2) is 6.29 Å². The number of nitrogens with one attached hydrogen (secondary N) is 1. The molecule has 0 saturated carbocycles. The number of nitro groups is 1. The fourth-order valence-electron chi connectivity index (χ4n) is 1.42. The molecule has 0 aliphatic heterocycles. The van der Waals surface area contributed by atoms with E-state index in [1.807, 2.05) is 0 Å². The van der Waals surface area contributed by atoms with Gasteiger partial charge in [0, 0.05) is 14.2 Å². The average molecular weight is 289 g/mol. The van der Waals surface area contributed by atoms with Gasteiger partial charge in [0.25, 0.3) is 5.91 Å². The van der Waals surface area contributed by atoms with Crippen LogP contribution >= 0.6 is 11.6 Å². The summed E-state index contributed by atoms with van der Waals surface area (Å²) in [5.74, 6) is -0.617. The summed E-state index contributed by atoms with van der Waals surface area (Å²) >= 11 is 5.71. The first-order valence-electron chi connectivity index (χ1n) is 5.28. The molecule has 0 aliphatic rings. The van der Waals surface area contributed by atoms with E-state index in [0.717, 1.165) is 0 Å². The number of rotatable bonds is 6. The van der Waals surface area contributed by atoms with E-state index >= 15 is 0 Å². The summed E-state index contributed by atoms with van der Waals surface area (Å²) in [5.41, 5.74) is -0.531. The van der Waals surface area contributed by atoms with Crippen molar-refractivity contribution in [3.05, 3.63) is 38.9 Å². The van der Waals surface area contributed by atoms with Gasteiger partial charge in [-0.25, -0.2) is 0 Å². The average Bonchev–Trinajstić information content (AvgIpc) is 2.38. The normalized spacial score (nSPS) is 10.5. The number of carbonyl (C=O) groups is 1. The lowest BCUT2D eigenvalue weighted by molar-refractivity contribution is -0.385. The molecule has 1 aromatic rings. The maximum absolute atomic E-state index is 11.9. The largest absolute Gasteiger partial charge is 0.354 e. The van der Waals surface area contributed by atoms with E-state index in [2.05, 4.69) is 5.32 Å². The molecule has 0 atom stereocenters. The highest BCUT2D eigenvalue weighted by Gasteiger charge is 2.23. The van der Waals surface area contributed by atoms with Gasteiger partial charge in [-0.3, -0.25) is 14.9 Å². The Morgan fingerprint density at radius 1 is 1.47 bits per heavy atom. The van der Waals surface area contributed by atoms with Crippen molar-refractivity contribution in [1.82, 2.24) is 5.32 Å². The minimum Gasteiger partial charge on any atom is -0.354 e. The first-order valence-corrected chi connectivity index (χ1v) is 5.65. The number of nitro benzene ring substituents is 1. The smallest absolute Gasteiger partial charge is 0.300 e. The van der Waals surface area contributed by atoms with Crippen LogP contribution in [0.25, 0.3) is 0 Å². The Morgan fingerprint density at radius 3 is 2.63 bits per heavy atom. The van der Waals surface area contributed by atoms with Crippen molar-refractivity contribution in [3.63, 3.8) is 0 Å². The molecule has 8 heteroatoms. The van der Waals surface area contributed by atoms with Crippen LogP contribution in [0.5, 0.6) is 0 Å². The molecule has 1 N–H and O–H groups in total. The van der Waals surface area contributed by atoms with Gasteiger partial charge in [0.05, 0.1) is 11.5 Å². The molecule has 0 unspecified atom stereocenters. The summed E-state index contributed by atoms with van der Waals surface area (Å²) in [6, 6.07) is 4.14. The minimum absolute atomic E-state index is 0.0650. The summed E-state index contributed by atoms with van der Waals surface area (Å²) < 4.78 is 9.78. The first kappa shape index (κ1) is 15.4. The predicted molar refractivity (Wildman–Crippen MR) is 68.2 cm³/mol. The van der Waals surface area contributed by atoms with Crippen LogP contribution < -0.4 is 5.32 Å². The number of nitrogens with zero attached hydrogens (tertiary/aromatic N) is 1. The number of halogens is 1. The molecule has 7 nitrogen and oxygen atoms in total. The van der Waals surface area contributed by atoms with E-state index < -0.39 is 22.8 Å². The van der Waals surface area contributed by atoms with Crippen molar-refractivity contribution >= 4 is 23.2 Å². The van der Waals surface area contributed by atoms with E-state index in [-0.39, 0.29) is 17.1 Å². The van der Waals surface area contributed by atoms with E-state index in [9.17, 15) is 14.9 Å². The lowest BCUT2D eigenvalue weighted by atomic mass is 10.1. The predicted octanol–water partition coefficient (Wildman–Crippen LogP) is 1.60. The zero-order valence-electron chi connectivity index (χ0n) is 10.4. The Labute approximate surface area is 114 Å². The monoisotopic (exact) mass is 288 g/mol. The third-order valence-electron chi connectivity index (χ3n) is 2.37. The Bertz CT molecular complexity index is 476. The zero-order valence-corrected chi connectivity index (χ0v) is 11.1. The van der Waals surface area contributed by atoms with Gasteiger partial charge in [0.1, 0.15) is 10.6 Å². The molecule has 1 amide bonds. The second-order valence-electron chi connectivity index (χ2n) is 3.50. The van der Waals surface area contributed by atoms with Gasteiger partial charge in [-0.15, -0.1) is 0 Å². The molecule has 1 rings (SSSR count). The lowest BCUT2D eigenvalue weighted by Crippen LogP contribution is -2.34. The number of para-hydroxylation sites is 1. The highest BCUT2D eigenvalue weighted by atomic mass is 35.5. The van der Waals surface area contributed by atoms with Gasteiger partial charge in [-0.2, -0.15) is 0 Å². The number of hydrogen-bond donors (Lipinski definition) is 1. The molecule has 104 valence electrons. The zero-order chi connectivity index (χ0) is 14.4. The van der Waals surface area contributed by atoms with Gasteiger partial charge < -0.3 is 14.8 Å². The first-order chi connectivity index (χ1) is 9.01. The van der Waals surface area contributed by atoms with Crippen molar-refractivity contribution < 1.29 is 19.2 Å². The van der Waals surface area contributed by atoms with Crippen LogP contribution in [0.4, 0.5) is 5.69 Å². The number of carbonyl (C=O) groups excluding carboxylic acids is 1. The summed E-state index contributed by atoms with van der Waals surface area (Å²) in [5, 5.41) is 13.3. The molecule has 0 aromatic heterocycles. The Kier molecular flexibility index (Phi) is 5.68. The van der Waals surface area contributed by atoms with Gasteiger partial charge in [-0.05, 0) is 12.1 Å². The molecule has 0 spiro atoms. The van der Waals surface area contributed by atoms with Crippen molar-refractivity contribution in [3.8, 4) is 0 Å². The van der Waals surface area contributed by atoms with Crippen LogP contribution in [0.1, 0.15) is 10.4 Å². The number of methoxy groups -OCH3 is 2. The van der Waals surface area contributed by atoms with Gasteiger partial charge >= 0.3 is 5.69 Å². The molecule has 0 saturated heterocycles. The number of ether oxygens (including phenoxy) is 2. The standard InChI is InChI=1S/C11H13ClN2O5/c1-18-9(19-2)6-13-11(15)7-4-3-5-8(12)10(7)14(16)17/h3-5,9H,6H2,1-2H3,(H,13,15). The van der Waals surface area contributed by atoms with Crippen LogP contribution in [0.15, 0.2) is 18.2 Å². The Hall–Kier alpha value is -1.70. The minimum atomic E-state index is -0.693. The molecular formula is C11H13ClN2O5. The highest BCUT2D eigenvalue weighted by molar-refractivity contribution is 6.33. The second kappa shape index (κ2) is 7.03. The molecule has 0 radical (unpaired) electrons. The van der Waals surface area contributed by atoms with E-state index in [1.54, 1.807) is 0 Å². The molecule has 0 bridgehead atoms. The van der Waals surface area contributed by atoms with Gasteiger partial charge in [0.2, 0.25) is 0 Å². The van der Waals surface area contributed by atoms with E-state index in [0.29, 0.717) is 0 Å². The molecule has 19 heavy (non-hydrogen) atoms. The summed E-state index contributed by atoms with van der Waals surface area (Å²) in [6.45, 7) is 0.0650. The molecule has 1 aromatic carbocycles. The van der Waals surface area contributed by atoms with Gasteiger partial charge in [-0.1, -0.05) is 17.7 Å². The van der Waals surface area contributed by atoms with Crippen molar-refractivity contribution in [2.24, 2.45) is 0 Å². The number of amides is 1. The molecule has 0 heterocycles. The highest BCUT2D eigenvalue weighted by Crippen LogP contribution is 2.27. The Morgan fingerprint density at radius 2 is 2.11 bits per heavy atom. The van der Waals surface area contributed by atoms with Crippen molar-refractivity contribution in [1.29, 1.82) is 0 Å². The van der Waals surface area contributed by atoms with Crippen molar-refractivity contribution in [2.75, 3.05) is 20.8 Å². The summed E-state index contributed by atoms with van der Waals surface area (Å²) in [4.78, 5) is 22.1. The third-order valence-corrected chi connectivity index (χ3v) is 2.67. The van der Waals surface area contributed by atoms with Crippen molar-refractivity contribution in [2.45, 2.75) is 6.29 Å². The number of benzene rings is 1. The van der Waals surface area contributed by atoms with Crippen LogP contribution in [0, 0.1) is 10.1 Å². The maximum Gasteiger partial charge on any atom is 0.300 e. The molecule has 0 aliphatic carbocycles. The Balaban J connectivity index is 2.88. The molecule has 0 fully saturated rings. The molecular weight excluding hydrogens is 276 g/mol. The maximum atomic E-state index is 11.9. The third kappa shape index (κ3) is 3.88.